The van der Waals surface area contributed by atoms with Gasteiger partial charge >= 0.3 is 6.03 Å². The smallest absolute Gasteiger partial charge is 0.320 e. The van der Waals surface area contributed by atoms with Gasteiger partial charge in [0.25, 0.3) is 0 Å². The van der Waals surface area contributed by atoms with Gasteiger partial charge in [-0.1, -0.05) is 6.92 Å². The second kappa shape index (κ2) is 6.41. The van der Waals surface area contributed by atoms with Crippen LogP contribution in [-0.4, -0.2) is 55.6 Å². The number of nitrogens with zero attached hydrogens (tertiary/aromatic N) is 2. The molecular formula is C14H27N3O. The largest absolute Gasteiger partial charge is 0.324 e. The molecule has 0 aromatic rings. The molecule has 2 rings (SSSR count). The van der Waals surface area contributed by atoms with Gasteiger partial charge in [-0.15, -0.1) is 0 Å². The number of hydrogen-bond donors (Lipinski definition) is 1. The minimum atomic E-state index is 0.280. The number of piperidine rings is 2. The molecule has 0 spiro atoms. The molecule has 0 bridgehead atoms. The molecule has 104 valence electrons. The van der Waals surface area contributed by atoms with E-state index in [0.717, 1.165) is 39.1 Å². The fourth-order valence-electron chi connectivity index (χ4n) is 3.26. The average molecular weight is 253 g/mol. The summed E-state index contributed by atoms with van der Waals surface area (Å²) in [5.74, 6) is 1.30. The van der Waals surface area contributed by atoms with E-state index in [1.807, 2.05) is 7.05 Å². The first kappa shape index (κ1) is 13.7. The van der Waals surface area contributed by atoms with E-state index in [4.69, 9.17) is 0 Å². The Morgan fingerprint density at radius 1 is 1.17 bits per heavy atom. The molecular weight excluding hydrogens is 226 g/mol. The summed E-state index contributed by atoms with van der Waals surface area (Å²) >= 11 is 0. The van der Waals surface area contributed by atoms with E-state index in [9.17, 15) is 4.79 Å². The number of hydrogen-bond acceptors (Lipinski definition) is 2. The fraction of sp³-hybridized carbons (Fsp3) is 0.929. The first-order chi connectivity index (χ1) is 8.70. The Kier molecular flexibility index (Phi) is 4.87. The molecule has 2 unspecified atom stereocenters. The van der Waals surface area contributed by atoms with E-state index < -0.39 is 0 Å². The predicted octanol–water partition coefficient (Wildman–Crippen LogP) is 1.77. The highest BCUT2D eigenvalue weighted by atomic mass is 16.2. The molecule has 4 nitrogen and oxygen atoms in total. The van der Waals surface area contributed by atoms with Crippen LogP contribution < -0.4 is 5.32 Å². The summed E-state index contributed by atoms with van der Waals surface area (Å²) in [6, 6.07) is 0.280. The number of carbonyl (C=O) groups excluding carboxylic acids is 1. The lowest BCUT2D eigenvalue weighted by atomic mass is 9.97. The van der Waals surface area contributed by atoms with Crippen molar-refractivity contribution in [1.29, 1.82) is 0 Å². The van der Waals surface area contributed by atoms with E-state index in [1.54, 1.807) is 0 Å². The highest BCUT2D eigenvalue weighted by Crippen LogP contribution is 2.21. The zero-order valence-corrected chi connectivity index (χ0v) is 11.8. The van der Waals surface area contributed by atoms with Gasteiger partial charge in [0.1, 0.15) is 0 Å². The third-order valence-electron chi connectivity index (χ3n) is 4.21. The van der Waals surface area contributed by atoms with E-state index in [1.165, 1.54) is 19.3 Å². The Labute approximate surface area is 111 Å². The Morgan fingerprint density at radius 2 is 1.83 bits per heavy atom. The van der Waals surface area contributed by atoms with Gasteiger partial charge in [-0.05, 0) is 51.1 Å². The fourth-order valence-corrected chi connectivity index (χ4v) is 3.26. The molecule has 4 heteroatoms. The number of amides is 2. The van der Waals surface area contributed by atoms with Crippen molar-refractivity contribution in [2.75, 3.05) is 39.8 Å². The van der Waals surface area contributed by atoms with Crippen LogP contribution >= 0.6 is 0 Å². The standard InChI is InChI=1S/C14H27N3O/c1-12-5-3-7-16(10-12)14(18)17-8-4-6-13(11-17)9-15-2/h12-13,15H,3-11H2,1-2H3. The lowest BCUT2D eigenvalue weighted by Crippen LogP contribution is -2.51. The normalized spacial score (nSPS) is 29.4. The molecule has 2 aliphatic heterocycles. The number of rotatable bonds is 2. The number of carbonyl (C=O) groups is 1. The number of nitrogens with one attached hydrogen (secondary N) is 1. The first-order valence-corrected chi connectivity index (χ1v) is 7.39. The van der Waals surface area contributed by atoms with E-state index in [-0.39, 0.29) is 6.03 Å². The Morgan fingerprint density at radius 3 is 2.50 bits per heavy atom. The molecule has 2 aliphatic rings. The van der Waals surface area contributed by atoms with E-state index in [2.05, 4.69) is 22.0 Å². The highest BCUT2D eigenvalue weighted by molar-refractivity contribution is 5.74. The maximum atomic E-state index is 12.5. The van der Waals surface area contributed by atoms with Gasteiger partial charge in [-0.3, -0.25) is 0 Å². The van der Waals surface area contributed by atoms with Gasteiger partial charge in [-0.25, -0.2) is 4.79 Å². The van der Waals surface area contributed by atoms with Crippen LogP contribution in [-0.2, 0) is 0 Å². The average Bonchev–Trinajstić information content (AvgIpc) is 2.39. The molecule has 1 N–H and O–H groups in total. The van der Waals surface area contributed by atoms with Crippen LogP contribution in [0.2, 0.25) is 0 Å². The summed E-state index contributed by atoms with van der Waals surface area (Å²) in [6.07, 6.45) is 4.84. The molecule has 0 aromatic carbocycles. The maximum absolute atomic E-state index is 12.5. The van der Waals surface area contributed by atoms with Gasteiger partial charge < -0.3 is 15.1 Å². The van der Waals surface area contributed by atoms with Gasteiger partial charge in [0.2, 0.25) is 0 Å². The van der Waals surface area contributed by atoms with Crippen molar-refractivity contribution in [2.45, 2.75) is 32.6 Å². The van der Waals surface area contributed by atoms with Crippen molar-refractivity contribution in [3.8, 4) is 0 Å². The van der Waals surface area contributed by atoms with Crippen molar-refractivity contribution < 1.29 is 4.79 Å². The van der Waals surface area contributed by atoms with Crippen LogP contribution in [0.15, 0.2) is 0 Å². The summed E-state index contributed by atoms with van der Waals surface area (Å²) in [5.41, 5.74) is 0. The minimum Gasteiger partial charge on any atom is -0.324 e. The maximum Gasteiger partial charge on any atom is 0.320 e. The SMILES string of the molecule is CNCC1CCCN(C(=O)N2CCCC(C)C2)C1. The second-order valence-electron chi connectivity index (χ2n) is 5.99. The summed E-state index contributed by atoms with van der Waals surface area (Å²) in [4.78, 5) is 16.6. The molecule has 0 aliphatic carbocycles. The molecule has 2 fully saturated rings. The summed E-state index contributed by atoms with van der Waals surface area (Å²) < 4.78 is 0. The monoisotopic (exact) mass is 253 g/mol. The predicted molar refractivity (Wildman–Crippen MR) is 73.6 cm³/mol. The molecule has 0 aromatic heterocycles. The zero-order valence-electron chi connectivity index (χ0n) is 11.8. The third kappa shape index (κ3) is 3.37. The number of likely N-dealkylation sites (tertiary alicyclic amines) is 2. The van der Waals surface area contributed by atoms with Crippen molar-refractivity contribution in [1.82, 2.24) is 15.1 Å². The molecule has 2 amide bonds. The minimum absolute atomic E-state index is 0.280. The van der Waals surface area contributed by atoms with Crippen LogP contribution in [0, 0.1) is 11.8 Å². The van der Waals surface area contributed by atoms with Gasteiger partial charge in [0, 0.05) is 26.2 Å². The highest BCUT2D eigenvalue weighted by Gasteiger charge is 2.28. The van der Waals surface area contributed by atoms with Crippen LogP contribution in [0.1, 0.15) is 32.6 Å². The topological polar surface area (TPSA) is 35.6 Å². The molecule has 2 atom stereocenters. The lowest BCUT2D eigenvalue weighted by molar-refractivity contribution is 0.111. The first-order valence-electron chi connectivity index (χ1n) is 7.39. The van der Waals surface area contributed by atoms with Crippen molar-refractivity contribution in [3.05, 3.63) is 0 Å². The Balaban J connectivity index is 1.87. The molecule has 2 saturated heterocycles. The lowest BCUT2D eigenvalue weighted by Gasteiger charge is -2.39. The zero-order chi connectivity index (χ0) is 13.0. The van der Waals surface area contributed by atoms with E-state index >= 15 is 0 Å². The van der Waals surface area contributed by atoms with Crippen molar-refractivity contribution in [2.24, 2.45) is 11.8 Å². The summed E-state index contributed by atoms with van der Waals surface area (Å²) in [6.45, 7) is 7.07. The third-order valence-corrected chi connectivity index (χ3v) is 4.21. The van der Waals surface area contributed by atoms with Crippen molar-refractivity contribution >= 4 is 6.03 Å². The van der Waals surface area contributed by atoms with Crippen molar-refractivity contribution in [3.63, 3.8) is 0 Å². The number of urea groups is 1. The summed E-state index contributed by atoms with van der Waals surface area (Å²) in [7, 11) is 1.99. The van der Waals surface area contributed by atoms with Crippen LogP contribution in [0.25, 0.3) is 0 Å². The Hall–Kier alpha value is -0.770. The van der Waals surface area contributed by atoms with Gasteiger partial charge in [-0.2, -0.15) is 0 Å². The molecule has 0 radical (unpaired) electrons. The molecule has 0 saturated carbocycles. The van der Waals surface area contributed by atoms with Gasteiger partial charge in [0.05, 0.1) is 0 Å². The van der Waals surface area contributed by atoms with Crippen LogP contribution in [0.3, 0.4) is 0 Å². The molecule has 18 heavy (non-hydrogen) atoms. The van der Waals surface area contributed by atoms with Crippen LogP contribution in [0.5, 0.6) is 0 Å². The van der Waals surface area contributed by atoms with E-state index in [0.29, 0.717) is 11.8 Å². The second-order valence-corrected chi connectivity index (χ2v) is 5.99. The quantitative estimate of drug-likeness (QED) is 0.814. The molecule has 2 heterocycles. The Bertz CT molecular complexity index is 280. The van der Waals surface area contributed by atoms with Gasteiger partial charge in [0.15, 0.2) is 0 Å². The summed E-state index contributed by atoms with van der Waals surface area (Å²) in [5, 5.41) is 3.23. The van der Waals surface area contributed by atoms with Crippen LogP contribution in [0.4, 0.5) is 4.79 Å².